The van der Waals surface area contributed by atoms with Gasteiger partial charge in [0.15, 0.2) is 0 Å². The molecule has 0 aromatic heterocycles. The fourth-order valence-corrected chi connectivity index (χ4v) is 2.18. The molecule has 1 atom stereocenters. The van der Waals surface area contributed by atoms with Crippen LogP contribution in [-0.2, 0) is 6.18 Å². The average Bonchev–Trinajstić information content (AvgIpc) is 2.23. The fourth-order valence-electron chi connectivity index (χ4n) is 2.18. The number of likely N-dealkylation sites (tertiary alicyclic amines) is 1. The second kappa shape index (κ2) is 4.31. The van der Waals surface area contributed by atoms with Crippen LogP contribution in [-0.4, -0.2) is 24.0 Å². The lowest BCUT2D eigenvalue weighted by molar-refractivity contribution is -0.138. The zero-order chi connectivity index (χ0) is 12.6. The maximum absolute atomic E-state index is 12.8. The highest BCUT2D eigenvalue weighted by molar-refractivity contribution is 5.32. The van der Waals surface area contributed by atoms with Gasteiger partial charge in [-0.05, 0) is 18.6 Å². The SMILES string of the molecule is CC(c1ccccc1C(F)(F)F)N1CC(N)C1. The molecule has 2 nitrogen and oxygen atoms in total. The molecule has 0 saturated carbocycles. The first-order chi connectivity index (χ1) is 7.89. The van der Waals surface area contributed by atoms with Gasteiger partial charge in [0.1, 0.15) is 0 Å². The standard InChI is InChI=1S/C12H15F3N2/c1-8(17-6-9(16)7-17)10-4-2-3-5-11(10)12(13,14)15/h2-5,8-9H,6-7,16H2,1H3. The lowest BCUT2D eigenvalue weighted by Gasteiger charge is -2.42. The molecule has 2 rings (SSSR count). The number of nitrogens with zero attached hydrogens (tertiary/aromatic N) is 1. The van der Waals surface area contributed by atoms with Crippen LogP contribution in [0.4, 0.5) is 13.2 Å². The first-order valence-electron chi connectivity index (χ1n) is 5.55. The molecule has 1 saturated heterocycles. The van der Waals surface area contributed by atoms with Gasteiger partial charge >= 0.3 is 6.18 Å². The van der Waals surface area contributed by atoms with Gasteiger partial charge in [-0.1, -0.05) is 18.2 Å². The molecular weight excluding hydrogens is 229 g/mol. The minimum Gasteiger partial charge on any atom is -0.325 e. The lowest BCUT2D eigenvalue weighted by Crippen LogP contribution is -2.56. The van der Waals surface area contributed by atoms with Crippen molar-refractivity contribution in [2.75, 3.05) is 13.1 Å². The molecule has 2 N–H and O–H groups in total. The lowest BCUT2D eigenvalue weighted by atomic mass is 9.96. The van der Waals surface area contributed by atoms with E-state index in [0.717, 1.165) is 6.07 Å². The highest BCUT2D eigenvalue weighted by atomic mass is 19.4. The monoisotopic (exact) mass is 244 g/mol. The van der Waals surface area contributed by atoms with E-state index in [9.17, 15) is 13.2 Å². The van der Waals surface area contributed by atoms with Crippen LogP contribution in [0.3, 0.4) is 0 Å². The summed E-state index contributed by atoms with van der Waals surface area (Å²) >= 11 is 0. The molecule has 0 radical (unpaired) electrons. The van der Waals surface area contributed by atoms with Crippen molar-refractivity contribution in [1.29, 1.82) is 0 Å². The second-order valence-electron chi connectivity index (χ2n) is 4.47. The van der Waals surface area contributed by atoms with E-state index in [0.29, 0.717) is 18.7 Å². The number of nitrogens with two attached hydrogens (primary N) is 1. The van der Waals surface area contributed by atoms with Gasteiger partial charge in [0.25, 0.3) is 0 Å². The van der Waals surface area contributed by atoms with Crippen molar-refractivity contribution in [3.63, 3.8) is 0 Å². The summed E-state index contributed by atoms with van der Waals surface area (Å²) in [7, 11) is 0. The maximum Gasteiger partial charge on any atom is 0.416 e. The maximum atomic E-state index is 12.8. The predicted molar refractivity (Wildman–Crippen MR) is 59.4 cm³/mol. The summed E-state index contributed by atoms with van der Waals surface area (Å²) in [4.78, 5) is 1.95. The summed E-state index contributed by atoms with van der Waals surface area (Å²) in [5.41, 5.74) is 5.42. The van der Waals surface area contributed by atoms with Crippen LogP contribution in [0.15, 0.2) is 24.3 Å². The molecule has 0 bridgehead atoms. The Morgan fingerprint density at radius 2 is 1.88 bits per heavy atom. The Balaban J connectivity index is 2.26. The Hall–Kier alpha value is -1.07. The van der Waals surface area contributed by atoms with Gasteiger partial charge in [-0.15, -0.1) is 0 Å². The zero-order valence-electron chi connectivity index (χ0n) is 9.54. The van der Waals surface area contributed by atoms with E-state index < -0.39 is 11.7 Å². The molecule has 5 heteroatoms. The largest absolute Gasteiger partial charge is 0.416 e. The van der Waals surface area contributed by atoms with Crippen LogP contribution < -0.4 is 5.73 Å². The summed E-state index contributed by atoms with van der Waals surface area (Å²) in [6, 6.07) is 5.58. The molecule has 0 amide bonds. The van der Waals surface area contributed by atoms with E-state index in [1.807, 2.05) is 4.90 Å². The topological polar surface area (TPSA) is 29.3 Å². The van der Waals surface area contributed by atoms with E-state index >= 15 is 0 Å². The molecule has 1 aromatic carbocycles. The van der Waals surface area contributed by atoms with E-state index in [4.69, 9.17) is 5.73 Å². The second-order valence-corrected chi connectivity index (χ2v) is 4.47. The number of alkyl halides is 3. The highest BCUT2D eigenvalue weighted by Crippen LogP contribution is 2.36. The van der Waals surface area contributed by atoms with Gasteiger partial charge in [-0.3, -0.25) is 4.90 Å². The van der Waals surface area contributed by atoms with Crippen molar-refractivity contribution in [3.05, 3.63) is 35.4 Å². The fraction of sp³-hybridized carbons (Fsp3) is 0.500. The van der Waals surface area contributed by atoms with Gasteiger partial charge in [0.2, 0.25) is 0 Å². The highest BCUT2D eigenvalue weighted by Gasteiger charge is 2.37. The molecule has 1 aromatic rings. The number of rotatable bonds is 2. The quantitative estimate of drug-likeness (QED) is 0.865. The van der Waals surface area contributed by atoms with Crippen molar-refractivity contribution in [3.8, 4) is 0 Å². The normalized spacial score (nSPS) is 20.1. The van der Waals surface area contributed by atoms with Crippen LogP contribution >= 0.6 is 0 Å². The third kappa shape index (κ3) is 2.45. The summed E-state index contributed by atoms with van der Waals surface area (Å²) in [5, 5.41) is 0. The third-order valence-corrected chi connectivity index (χ3v) is 3.20. The van der Waals surface area contributed by atoms with Gasteiger partial charge in [0, 0.05) is 25.2 Å². The van der Waals surface area contributed by atoms with E-state index in [1.165, 1.54) is 12.1 Å². The molecule has 1 unspecified atom stereocenters. The van der Waals surface area contributed by atoms with Crippen molar-refractivity contribution in [2.24, 2.45) is 5.73 Å². The molecule has 17 heavy (non-hydrogen) atoms. The average molecular weight is 244 g/mol. The molecule has 0 aliphatic carbocycles. The first kappa shape index (κ1) is 12.4. The van der Waals surface area contributed by atoms with Crippen LogP contribution in [0.2, 0.25) is 0 Å². The van der Waals surface area contributed by atoms with E-state index in [2.05, 4.69) is 0 Å². The Morgan fingerprint density at radius 3 is 2.41 bits per heavy atom. The minimum absolute atomic E-state index is 0.0931. The molecule has 1 aliphatic heterocycles. The number of halogens is 3. The summed E-state index contributed by atoms with van der Waals surface area (Å²) in [6.07, 6.45) is -4.29. The van der Waals surface area contributed by atoms with Crippen molar-refractivity contribution >= 4 is 0 Å². The Kier molecular flexibility index (Phi) is 3.14. The van der Waals surface area contributed by atoms with Gasteiger partial charge < -0.3 is 5.73 Å². The number of hydrogen-bond donors (Lipinski definition) is 1. The van der Waals surface area contributed by atoms with Crippen LogP contribution in [0, 0.1) is 0 Å². The van der Waals surface area contributed by atoms with Crippen molar-refractivity contribution in [2.45, 2.75) is 25.2 Å². The Labute approximate surface area is 98.2 Å². The summed E-state index contributed by atoms with van der Waals surface area (Å²) in [5.74, 6) is 0. The summed E-state index contributed by atoms with van der Waals surface area (Å²) < 4.78 is 38.5. The Bertz CT molecular complexity index is 397. The van der Waals surface area contributed by atoms with Crippen LogP contribution in [0.5, 0.6) is 0 Å². The first-order valence-corrected chi connectivity index (χ1v) is 5.55. The zero-order valence-corrected chi connectivity index (χ0v) is 9.54. The number of hydrogen-bond acceptors (Lipinski definition) is 2. The van der Waals surface area contributed by atoms with Gasteiger partial charge in [-0.2, -0.15) is 13.2 Å². The van der Waals surface area contributed by atoms with Gasteiger partial charge in [0.05, 0.1) is 5.56 Å². The van der Waals surface area contributed by atoms with Gasteiger partial charge in [-0.25, -0.2) is 0 Å². The number of benzene rings is 1. The van der Waals surface area contributed by atoms with E-state index in [-0.39, 0.29) is 12.1 Å². The molecule has 1 heterocycles. The summed E-state index contributed by atoms with van der Waals surface area (Å²) in [6.45, 7) is 3.11. The molecule has 1 aliphatic rings. The third-order valence-electron chi connectivity index (χ3n) is 3.20. The Morgan fingerprint density at radius 1 is 1.29 bits per heavy atom. The smallest absolute Gasteiger partial charge is 0.325 e. The van der Waals surface area contributed by atoms with Crippen molar-refractivity contribution in [1.82, 2.24) is 4.90 Å². The van der Waals surface area contributed by atoms with E-state index in [1.54, 1.807) is 13.0 Å². The van der Waals surface area contributed by atoms with Crippen LogP contribution in [0.1, 0.15) is 24.1 Å². The molecule has 0 spiro atoms. The van der Waals surface area contributed by atoms with Crippen molar-refractivity contribution < 1.29 is 13.2 Å². The molecule has 94 valence electrons. The molecule has 1 fully saturated rings. The predicted octanol–water partition coefficient (Wildman–Crippen LogP) is 2.41. The minimum atomic E-state index is -4.29. The van der Waals surface area contributed by atoms with Crippen LogP contribution in [0.25, 0.3) is 0 Å². The molecular formula is C12H15F3N2.